The standard InChI is InChI=1S/C23H30N6O3S/c1-13(2)19(30)26-15-5-6-17-14(11-15)12-18(33-17)16-7-8-24-21(27-16)25-9-10-29-22(32)28-20(31)23(29,3)4/h5-8,11-13,20,22,28,31-32H,9-10H2,1-4H3,(H,26,30)(H,24,25,27). The van der Waals surface area contributed by atoms with Gasteiger partial charge in [-0.25, -0.2) is 9.97 Å². The van der Waals surface area contributed by atoms with Gasteiger partial charge in [-0.3, -0.25) is 15.0 Å². The van der Waals surface area contributed by atoms with Crippen molar-refractivity contribution in [2.75, 3.05) is 23.7 Å². The van der Waals surface area contributed by atoms with Gasteiger partial charge in [0.25, 0.3) is 0 Å². The first kappa shape index (κ1) is 23.5. The van der Waals surface area contributed by atoms with E-state index in [9.17, 15) is 15.0 Å². The first-order chi connectivity index (χ1) is 15.6. The zero-order chi connectivity index (χ0) is 23.8. The first-order valence-corrected chi connectivity index (χ1v) is 11.8. The second kappa shape index (κ2) is 9.32. The van der Waals surface area contributed by atoms with E-state index in [1.807, 2.05) is 52.0 Å². The van der Waals surface area contributed by atoms with E-state index in [1.54, 1.807) is 22.4 Å². The van der Waals surface area contributed by atoms with E-state index in [-0.39, 0.29) is 11.8 Å². The van der Waals surface area contributed by atoms with Crippen LogP contribution >= 0.6 is 11.3 Å². The fraction of sp³-hybridized carbons (Fsp3) is 0.435. The van der Waals surface area contributed by atoms with Crippen LogP contribution in [-0.4, -0.2) is 62.2 Å². The molecule has 4 rings (SSSR count). The number of fused-ring (bicyclic) bond motifs is 1. The van der Waals surface area contributed by atoms with Gasteiger partial charge in [0.05, 0.1) is 16.1 Å². The fourth-order valence-corrected chi connectivity index (χ4v) is 4.73. The van der Waals surface area contributed by atoms with E-state index < -0.39 is 18.1 Å². The van der Waals surface area contributed by atoms with Crippen LogP contribution in [0, 0.1) is 5.92 Å². The van der Waals surface area contributed by atoms with Gasteiger partial charge in [-0.05, 0) is 49.6 Å². The van der Waals surface area contributed by atoms with Crippen LogP contribution in [0.1, 0.15) is 27.7 Å². The summed E-state index contributed by atoms with van der Waals surface area (Å²) in [5.41, 5.74) is 0.997. The van der Waals surface area contributed by atoms with E-state index in [2.05, 4.69) is 32.0 Å². The number of hydrogen-bond acceptors (Lipinski definition) is 9. The Kier molecular flexibility index (Phi) is 6.64. The maximum atomic E-state index is 12.0. The van der Waals surface area contributed by atoms with Gasteiger partial charge < -0.3 is 20.8 Å². The number of benzene rings is 1. The zero-order valence-electron chi connectivity index (χ0n) is 19.2. The predicted octanol–water partition coefficient (Wildman–Crippen LogP) is 2.64. The molecule has 1 fully saturated rings. The molecule has 0 bridgehead atoms. The molecule has 3 heterocycles. The normalized spacial score (nSPS) is 20.5. The Labute approximate surface area is 196 Å². The van der Waals surface area contributed by atoms with Crippen molar-refractivity contribution in [3.63, 3.8) is 0 Å². The summed E-state index contributed by atoms with van der Waals surface area (Å²) in [4.78, 5) is 23.7. The van der Waals surface area contributed by atoms with Crippen molar-refractivity contribution < 1.29 is 15.0 Å². The minimum atomic E-state index is -0.905. The topological polar surface area (TPSA) is 123 Å². The third kappa shape index (κ3) is 4.99. The van der Waals surface area contributed by atoms with Gasteiger partial charge in [0, 0.05) is 35.6 Å². The minimum absolute atomic E-state index is 0.00792. The third-order valence-electron chi connectivity index (χ3n) is 5.86. The highest BCUT2D eigenvalue weighted by Gasteiger charge is 2.45. The van der Waals surface area contributed by atoms with Crippen molar-refractivity contribution >= 4 is 39.0 Å². The Hall–Kier alpha value is -2.63. The summed E-state index contributed by atoms with van der Waals surface area (Å²) in [5.74, 6) is 0.410. The SMILES string of the molecule is CC(C)C(=O)Nc1ccc2sc(-c3ccnc(NCCN4C(O)NC(O)C4(C)C)n3)cc2c1. The van der Waals surface area contributed by atoms with Gasteiger partial charge in [-0.15, -0.1) is 11.3 Å². The van der Waals surface area contributed by atoms with Gasteiger partial charge in [-0.1, -0.05) is 13.8 Å². The van der Waals surface area contributed by atoms with Crippen molar-refractivity contribution in [1.29, 1.82) is 0 Å². The third-order valence-corrected chi connectivity index (χ3v) is 7.00. The Morgan fingerprint density at radius 3 is 2.76 bits per heavy atom. The number of nitrogens with zero attached hydrogens (tertiary/aromatic N) is 3. The molecular formula is C23H30N6O3S. The van der Waals surface area contributed by atoms with Crippen LogP contribution in [-0.2, 0) is 4.79 Å². The van der Waals surface area contributed by atoms with E-state index in [4.69, 9.17) is 0 Å². The summed E-state index contributed by atoms with van der Waals surface area (Å²) in [6, 6.07) is 9.82. The molecule has 0 spiro atoms. The lowest BCUT2D eigenvalue weighted by Gasteiger charge is -2.33. The molecule has 0 radical (unpaired) electrons. The molecule has 1 aliphatic rings. The molecule has 33 heavy (non-hydrogen) atoms. The molecule has 176 valence electrons. The highest BCUT2D eigenvalue weighted by molar-refractivity contribution is 7.22. The number of rotatable bonds is 7. The van der Waals surface area contributed by atoms with Crippen molar-refractivity contribution in [3.8, 4) is 10.6 Å². The molecule has 2 unspecified atom stereocenters. The second-order valence-electron chi connectivity index (χ2n) is 8.99. The molecule has 2 aromatic heterocycles. The maximum absolute atomic E-state index is 12.0. The van der Waals surface area contributed by atoms with E-state index >= 15 is 0 Å². The molecular weight excluding hydrogens is 440 g/mol. The number of aliphatic hydroxyl groups is 2. The van der Waals surface area contributed by atoms with E-state index in [0.717, 1.165) is 26.3 Å². The van der Waals surface area contributed by atoms with Crippen molar-refractivity contribution in [1.82, 2.24) is 20.2 Å². The number of thiophene rings is 1. The zero-order valence-corrected chi connectivity index (χ0v) is 20.0. The Bertz CT molecular complexity index is 1150. The Balaban J connectivity index is 1.44. The molecule has 5 N–H and O–H groups in total. The number of amides is 1. The van der Waals surface area contributed by atoms with Crippen LogP contribution in [0.3, 0.4) is 0 Å². The van der Waals surface area contributed by atoms with E-state index in [1.165, 1.54) is 0 Å². The molecule has 1 aromatic carbocycles. The summed E-state index contributed by atoms with van der Waals surface area (Å²) in [6.07, 6.45) is 0.000544. The highest BCUT2D eigenvalue weighted by Crippen LogP contribution is 2.34. The molecule has 3 aromatic rings. The largest absolute Gasteiger partial charge is 0.377 e. The van der Waals surface area contributed by atoms with Crippen molar-refractivity contribution in [3.05, 3.63) is 36.5 Å². The predicted molar refractivity (Wildman–Crippen MR) is 131 cm³/mol. The lowest BCUT2D eigenvalue weighted by Crippen LogP contribution is -2.49. The van der Waals surface area contributed by atoms with Crippen LogP contribution < -0.4 is 16.0 Å². The average molecular weight is 471 g/mol. The fourth-order valence-electron chi connectivity index (χ4n) is 3.72. The monoisotopic (exact) mass is 470 g/mol. The van der Waals surface area contributed by atoms with Gasteiger partial charge in [0.1, 0.15) is 6.23 Å². The number of nitrogens with one attached hydrogen (secondary N) is 3. The smallest absolute Gasteiger partial charge is 0.226 e. The molecule has 1 aliphatic heterocycles. The summed E-state index contributed by atoms with van der Waals surface area (Å²) >= 11 is 1.63. The molecule has 1 saturated heterocycles. The minimum Gasteiger partial charge on any atom is -0.377 e. The van der Waals surface area contributed by atoms with Gasteiger partial charge in [0.15, 0.2) is 6.35 Å². The van der Waals surface area contributed by atoms with E-state index in [0.29, 0.717) is 19.0 Å². The molecule has 0 aliphatic carbocycles. The van der Waals surface area contributed by atoms with Gasteiger partial charge >= 0.3 is 0 Å². The van der Waals surface area contributed by atoms with Crippen molar-refractivity contribution in [2.24, 2.45) is 5.92 Å². The summed E-state index contributed by atoms with van der Waals surface area (Å²) in [5, 5.41) is 30.1. The van der Waals surface area contributed by atoms with Crippen LogP contribution in [0.2, 0.25) is 0 Å². The molecule has 10 heteroatoms. The number of carbonyl (C=O) groups excluding carboxylic acids is 1. The molecule has 1 amide bonds. The number of aliphatic hydroxyl groups excluding tert-OH is 2. The quantitative estimate of drug-likeness (QED) is 0.357. The van der Waals surface area contributed by atoms with Crippen LogP contribution in [0.4, 0.5) is 11.6 Å². The van der Waals surface area contributed by atoms with Crippen LogP contribution in [0.5, 0.6) is 0 Å². The average Bonchev–Trinajstić information content (AvgIpc) is 3.27. The summed E-state index contributed by atoms with van der Waals surface area (Å²) in [6.45, 7) is 8.48. The number of anilines is 2. The summed E-state index contributed by atoms with van der Waals surface area (Å²) in [7, 11) is 0. The number of hydrogen-bond donors (Lipinski definition) is 5. The second-order valence-corrected chi connectivity index (χ2v) is 10.1. The van der Waals surface area contributed by atoms with Gasteiger partial charge in [-0.2, -0.15) is 0 Å². The lowest BCUT2D eigenvalue weighted by molar-refractivity contribution is -0.118. The number of aromatic nitrogens is 2. The molecule has 2 atom stereocenters. The lowest BCUT2D eigenvalue weighted by atomic mass is 10.0. The van der Waals surface area contributed by atoms with Crippen LogP contribution in [0.15, 0.2) is 36.5 Å². The Morgan fingerprint density at radius 1 is 1.27 bits per heavy atom. The number of carbonyl (C=O) groups is 1. The van der Waals surface area contributed by atoms with Crippen molar-refractivity contribution in [2.45, 2.75) is 45.8 Å². The molecule has 9 nitrogen and oxygen atoms in total. The molecule has 0 saturated carbocycles. The first-order valence-electron chi connectivity index (χ1n) is 11.0. The maximum Gasteiger partial charge on any atom is 0.226 e. The Morgan fingerprint density at radius 2 is 2.06 bits per heavy atom. The summed E-state index contributed by atoms with van der Waals surface area (Å²) < 4.78 is 1.11. The van der Waals surface area contributed by atoms with Gasteiger partial charge in [0.2, 0.25) is 11.9 Å². The highest BCUT2D eigenvalue weighted by atomic mass is 32.1. The van der Waals surface area contributed by atoms with Crippen LogP contribution in [0.25, 0.3) is 20.7 Å².